The highest BCUT2D eigenvalue weighted by atomic mass is 35.5. The molecule has 1 aliphatic carbocycles. The summed E-state index contributed by atoms with van der Waals surface area (Å²) >= 11 is 0. The van der Waals surface area contributed by atoms with Crippen molar-refractivity contribution < 1.29 is 19.8 Å². The van der Waals surface area contributed by atoms with E-state index in [2.05, 4.69) is 17.2 Å². The van der Waals surface area contributed by atoms with Gasteiger partial charge in [0.25, 0.3) is 0 Å². The van der Waals surface area contributed by atoms with E-state index in [-0.39, 0.29) is 24.2 Å². The molecule has 0 spiro atoms. The van der Waals surface area contributed by atoms with Gasteiger partial charge in [0.1, 0.15) is 5.54 Å². The molecule has 4 atom stereocenters. The molecule has 4 N–H and O–H groups in total. The van der Waals surface area contributed by atoms with Crippen molar-refractivity contribution in [2.75, 3.05) is 6.54 Å². The first kappa shape index (κ1) is 14.9. The first-order chi connectivity index (χ1) is 7.99. The Morgan fingerprint density at radius 1 is 1.50 bits per heavy atom. The number of hydrogen-bond donors (Lipinski definition) is 4. The van der Waals surface area contributed by atoms with Gasteiger partial charge in [-0.3, -0.25) is 4.79 Å². The number of halogens is 1. The number of carboxylic acids is 1. The number of carbonyl (C=O) groups excluding carboxylic acids is 1. The molecule has 1 aliphatic heterocycles. The highest BCUT2D eigenvalue weighted by Crippen LogP contribution is 2.44. The van der Waals surface area contributed by atoms with Gasteiger partial charge in [0.15, 0.2) is 0 Å². The van der Waals surface area contributed by atoms with Crippen LogP contribution >= 0.6 is 12.4 Å². The average molecular weight is 277 g/mol. The Hall–Kier alpha value is -1.11. The molecule has 2 rings (SSSR count). The van der Waals surface area contributed by atoms with Crippen LogP contribution in [0.5, 0.6) is 0 Å². The number of rotatable bonds is 4. The van der Waals surface area contributed by atoms with Crippen molar-refractivity contribution >= 4 is 24.3 Å². The summed E-state index contributed by atoms with van der Waals surface area (Å²) in [5, 5.41) is 23.8. The van der Waals surface area contributed by atoms with Gasteiger partial charge < -0.3 is 20.8 Å². The van der Waals surface area contributed by atoms with Gasteiger partial charge >= 0.3 is 5.97 Å². The van der Waals surface area contributed by atoms with Crippen LogP contribution in [0.3, 0.4) is 0 Å². The average Bonchev–Trinajstić information content (AvgIpc) is 2.82. The van der Waals surface area contributed by atoms with E-state index in [0.717, 1.165) is 0 Å². The van der Waals surface area contributed by atoms with Crippen LogP contribution in [0.25, 0.3) is 0 Å². The maximum absolute atomic E-state index is 11.8. The maximum Gasteiger partial charge on any atom is 0.330 e. The topological polar surface area (TPSA) is 98.7 Å². The van der Waals surface area contributed by atoms with Gasteiger partial charge in [-0.1, -0.05) is 6.08 Å². The smallest absolute Gasteiger partial charge is 0.330 e. The minimum Gasteiger partial charge on any atom is -0.479 e. The molecule has 0 aromatic carbocycles. The molecule has 2 fully saturated rings. The molecule has 1 saturated carbocycles. The van der Waals surface area contributed by atoms with Gasteiger partial charge in [-0.05, 0) is 12.8 Å². The van der Waals surface area contributed by atoms with Crippen molar-refractivity contribution in [1.29, 1.82) is 0 Å². The second kappa shape index (κ2) is 5.26. The summed E-state index contributed by atoms with van der Waals surface area (Å²) in [4.78, 5) is 23.0. The van der Waals surface area contributed by atoms with Crippen molar-refractivity contribution in [3.63, 3.8) is 0 Å². The van der Waals surface area contributed by atoms with Crippen LogP contribution in [-0.4, -0.2) is 46.3 Å². The molecule has 0 unspecified atom stereocenters. The molecule has 0 radical (unpaired) electrons. The molecule has 2 aliphatic rings. The molecule has 1 saturated heterocycles. The van der Waals surface area contributed by atoms with Gasteiger partial charge in [-0.15, -0.1) is 19.0 Å². The fourth-order valence-electron chi connectivity index (χ4n) is 2.24. The number of carboxylic acid groups (broad SMARTS) is 1. The van der Waals surface area contributed by atoms with Crippen LogP contribution in [0.15, 0.2) is 12.7 Å². The second-order valence-corrected chi connectivity index (χ2v) is 4.66. The molecule has 18 heavy (non-hydrogen) atoms. The number of β-amino-alcohol motifs (C(OH)–C–C–N with tert-alkyl or cyclic N) is 1. The zero-order valence-electron chi connectivity index (χ0n) is 9.76. The van der Waals surface area contributed by atoms with Gasteiger partial charge in [-0.2, -0.15) is 0 Å². The summed E-state index contributed by atoms with van der Waals surface area (Å²) in [6, 6.07) is -0.507. The van der Waals surface area contributed by atoms with Crippen LogP contribution < -0.4 is 10.6 Å². The van der Waals surface area contributed by atoms with E-state index in [9.17, 15) is 14.7 Å². The first-order valence-corrected chi connectivity index (χ1v) is 5.59. The van der Waals surface area contributed by atoms with Crippen LogP contribution in [0.2, 0.25) is 0 Å². The summed E-state index contributed by atoms with van der Waals surface area (Å²) in [5.74, 6) is -1.61. The number of amides is 1. The minimum absolute atomic E-state index is 0. The number of aliphatic hydroxyl groups excluding tert-OH is 1. The van der Waals surface area contributed by atoms with E-state index in [4.69, 9.17) is 5.11 Å². The fourth-order valence-corrected chi connectivity index (χ4v) is 2.24. The lowest BCUT2D eigenvalue weighted by Crippen LogP contribution is -2.51. The predicted molar refractivity (Wildman–Crippen MR) is 66.5 cm³/mol. The van der Waals surface area contributed by atoms with E-state index >= 15 is 0 Å². The quantitative estimate of drug-likeness (QED) is 0.508. The van der Waals surface area contributed by atoms with Gasteiger partial charge in [-0.25, -0.2) is 4.79 Å². The minimum atomic E-state index is -1.19. The lowest BCUT2D eigenvalue weighted by atomic mass is 10.1. The van der Waals surface area contributed by atoms with Crippen molar-refractivity contribution in [3.05, 3.63) is 12.7 Å². The third-order valence-electron chi connectivity index (χ3n) is 3.45. The normalized spacial score (nSPS) is 37.5. The Morgan fingerprint density at radius 2 is 2.17 bits per heavy atom. The molecule has 0 bridgehead atoms. The van der Waals surface area contributed by atoms with Gasteiger partial charge in [0, 0.05) is 12.5 Å². The van der Waals surface area contributed by atoms with Crippen molar-refractivity contribution in [1.82, 2.24) is 10.6 Å². The molecular formula is C11H17ClN2O4. The largest absolute Gasteiger partial charge is 0.479 e. The number of hydrogen-bond acceptors (Lipinski definition) is 4. The number of carbonyl (C=O) groups is 2. The molecule has 0 aromatic rings. The van der Waals surface area contributed by atoms with Crippen LogP contribution in [0.4, 0.5) is 0 Å². The molecule has 102 valence electrons. The van der Waals surface area contributed by atoms with E-state index in [1.54, 1.807) is 6.08 Å². The summed E-state index contributed by atoms with van der Waals surface area (Å²) < 4.78 is 0. The Balaban J connectivity index is 0.00000162. The van der Waals surface area contributed by atoms with Crippen molar-refractivity contribution in [2.24, 2.45) is 5.92 Å². The van der Waals surface area contributed by atoms with E-state index in [1.165, 1.54) is 0 Å². The van der Waals surface area contributed by atoms with E-state index in [0.29, 0.717) is 19.4 Å². The van der Waals surface area contributed by atoms with Crippen LogP contribution in [-0.2, 0) is 9.59 Å². The first-order valence-electron chi connectivity index (χ1n) is 5.59. The molecule has 7 heteroatoms. The van der Waals surface area contributed by atoms with E-state index in [1.807, 2.05) is 0 Å². The Labute approximate surface area is 111 Å². The van der Waals surface area contributed by atoms with Gasteiger partial charge in [0.05, 0.1) is 12.1 Å². The highest BCUT2D eigenvalue weighted by molar-refractivity contribution is 5.92. The maximum atomic E-state index is 11.8. The lowest BCUT2D eigenvalue weighted by molar-refractivity contribution is -0.143. The van der Waals surface area contributed by atoms with Crippen LogP contribution in [0, 0.1) is 5.92 Å². The summed E-state index contributed by atoms with van der Waals surface area (Å²) in [5.41, 5.74) is -1.19. The van der Waals surface area contributed by atoms with Crippen molar-refractivity contribution in [2.45, 2.75) is 30.5 Å². The summed E-state index contributed by atoms with van der Waals surface area (Å²) in [6.07, 6.45) is 1.71. The van der Waals surface area contributed by atoms with Crippen LogP contribution in [0.1, 0.15) is 12.8 Å². The zero-order chi connectivity index (χ0) is 12.6. The highest BCUT2D eigenvalue weighted by Gasteiger charge is 2.60. The Kier molecular flexibility index (Phi) is 4.37. The summed E-state index contributed by atoms with van der Waals surface area (Å²) in [6.45, 7) is 3.91. The third kappa shape index (κ3) is 2.50. The zero-order valence-corrected chi connectivity index (χ0v) is 10.6. The molecular weight excluding hydrogens is 260 g/mol. The number of aliphatic carboxylic acids is 1. The van der Waals surface area contributed by atoms with Gasteiger partial charge in [0.2, 0.25) is 5.91 Å². The Bertz CT molecular complexity index is 376. The second-order valence-electron chi connectivity index (χ2n) is 4.66. The molecule has 0 aromatic heterocycles. The number of nitrogens with one attached hydrogen (secondary N) is 2. The summed E-state index contributed by atoms with van der Waals surface area (Å²) in [7, 11) is 0. The lowest BCUT2D eigenvalue weighted by Gasteiger charge is -2.17. The standard InChI is InChI=1S/C11H16N2O4.ClH/c1-2-6-4-11(6,10(16)17)13-9(15)8-3-7(14)5-12-8;/h2,6-8,12,14H,1,3-5H2,(H,13,15)(H,16,17);1H/t6-,7+,8+,11-;/m1./s1. The molecule has 6 nitrogen and oxygen atoms in total. The molecule has 1 heterocycles. The SMILES string of the molecule is C=C[C@@H]1C[C@]1(NC(=O)[C@@H]1C[C@H](O)CN1)C(=O)O.Cl. The third-order valence-corrected chi connectivity index (χ3v) is 3.45. The van der Waals surface area contributed by atoms with E-state index < -0.39 is 23.7 Å². The molecule has 1 amide bonds. The van der Waals surface area contributed by atoms with Crippen molar-refractivity contribution in [3.8, 4) is 0 Å². The predicted octanol–water partition coefficient (Wildman–Crippen LogP) is -0.723. The Morgan fingerprint density at radius 3 is 2.56 bits per heavy atom. The number of aliphatic hydroxyl groups is 1. The monoisotopic (exact) mass is 276 g/mol. The fraction of sp³-hybridized carbons (Fsp3) is 0.636.